The van der Waals surface area contributed by atoms with Crippen LogP contribution in [0.15, 0.2) is 16.7 Å². The summed E-state index contributed by atoms with van der Waals surface area (Å²) in [6.45, 7) is 0. The Kier molecular flexibility index (Phi) is 2.27. The van der Waals surface area contributed by atoms with E-state index in [4.69, 9.17) is 16.0 Å². The molecule has 2 rings (SSSR count). The highest BCUT2D eigenvalue weighted by atomic mass is 35.5. The van der Waals surface area contributed by atoms with Crippen molar-refractivity contribution in [2.75, 3.05) is 0 Å². The molecule has 0 radical (unpaired) electrons. The molecule has 0 bridgehead atoms. The predicted octanol–water partition coefficient (Wildman–Crippen LogP) is 2.22. The Bertz CT molecular complexity index is 317. The molecule has 13 heavy (non-hydrogen) atoms. The van der Waals surface area contributed by atoms with Gasteiger partial charge in [0, 0.05) is 6.04 Å². The summed E-state index contributed by atoms with van der Waals surface area (Å²) in [6.07, 6.45) is 4.75. The standard InChI is InChI=1S/C9H10ClNO2/c10-8-7(4-5-13-8)9(12)11-6-2-1-3-6/h4-6H,1-3H2,(H,11,12). The molecule has 1 heterocycles. The molecule has 1 N–H and O–H groups in total. The largest absolute Gasteiger partial charge is 0.452 e. The van der Waals surface area contributed by atoms with Crippen LogP contribution in [0.3, 0.4) is 0 Å². The molecule has 0 atom stereocenters. The van der Waals surface area contributed by atoms with Gasteiger partial charge < -0.3 is 9.73 Å². The summed E-state index contributed by atoms with van der Waals surface area (Å²) in [7, 11) is 0. The summed E-state index contributed by atoms with van der Waals surface area (Å²) >= 11 is 5.65. The van der Waals surface area contributed by atoms with Gasteiger partial charge in [0.25, 0.3) is 5.91 Å². The number of nitrogens with one attached hydrogen (secondary N) is 1. The van der Waals surface area contributed by atoms with E-state index in [0.717, 1.165) is 12.8 Å². The van der Waals surface area contributed by atoms with E-state index in [2.05, 4.69) is 5.32 Å². The van der Waals surface area contributed by atoms with E-state index in [0.29, 0.717) is 11.6 Å². The van der Waals surface area contributed by atoms with Crippen LogP contribution in [0.5, 0.6) is 0 Å². The normalized spacial score (nSPS) is 16.7. The molecule has 4 heteroatoms. The monoisotopic (exact) mass is 199 g/mol. The van der Waals surface area contributed by atoms with E-state index in [1.807, 2.05) is 0 Å². The average Bonchev–Trinajstić information content (AvgIpc) is 2.43. The van der Waals surface area contributed by atoms with Crippen LogP contribution in [0.4, 0.5) is 0 Å². The van der Waals surface area contributed by atoms with Crippen LogP contribution >= 0.6 is 11.6 Å². The fourth-order valence-electron chi connectivity index (χ4n) is 1.27. The molecular formula is C9H10ClNO2. The van der Waals surface area contributed by atoms with Crippen molar-refractivity contribution in [3.8, 4) is 0 Å². The first-order valence-corrected chi connectivity index (χ1v) is 4.69. The van der Waals surface area contributed by atoms with Gasteiger partial charge in [-0.25, -0.2) is 0 Å². The molecule has 1 aliphatic rings. The van der Waals surface area contributed by atoms with Crippen molar-refractivity contribution in [3.05, 3.63) is 23.1 Å². The molecule has 0 spiro atoms. The maximum absolute atomic E-state index is 11.5. The van der Waals surface area contributed by atoms with Crippen LogP contribution in [0.2, 0.25) is 5.22 Å². The highest BCUT2D eigenvalue weighted by molar-refractivity contribution is 6.32. The quantitative estimate of drug-likeness (QED) is 0.794. The van der Waals surface area contributed by atoms with E-state index < -0.39 is 0 Å². The summed E-state index contributed by atoms with van der Waals surface area (Å²) < 4.78 is 4.82. The number of furan rings is 1. The number of carbonyl (C=O) groups is 1. The molecule has 3 nitrogen and oxygen atoms in total. The highest BCUT2D eigenvalue weighted by Crippen LogP contribution is 2.21. The minimum Gasteiger partial charge on any atom is -0.452 e. The lowest BCUT2D eigenvalue weighted by Crippen LogP contribution is -2.39. The molecule has 1 saturated carbocycles. The summed E-state index contributed by atoms with van der Waals surface area (Å²) in [4.78, 5) is 11.5. The number of carbonyl (C=O) groups excluding carboxylic acids is 1. The molecule has 0 saturated heterocycles. The van der Waals surface area contributed by atoms with Gasteiger partial charge in [-0.2, -0.15) is 0 Å². The number of halogens is 1. The van der Waals surface area contributed by atoms with Gasteiger partial charge in [0.05, 0.1) is 11.8 Å². The molecule has 70 valence electrons. The second-order valence-corrected chi connectivity index (χ2v) is 3.55. The van der Waals surface area contributed by atoms with Crippen LogP contribution in [0.1, 0.15) is 29.6 Å². The maximum atomic E-state index is 11.5. The minimum atomic E-state index is -0.136. The number of rotatable bonds is 2. The summed E-state index contributed by atoms with van der Waals surface area (Å²) in [5, 5.41) is 3.04. The third-order valence-electron chi connectivity index (χ3n) is 2.30. The van der Waals surface area contributed by atoms with Gasteiger partial charge in [0.1, 0.15) is 0 Å². The van der Waals surface area contributed by atoms with E-state index in [9.17, 15) is 4.79 Å². The molecule has 0 aliphatic heterocycles. The predicted molar refractivity (Wildman–Crippen MR) is 48.8 cm³/mol. The zero-order valence-electron chi connectivity index (χ0n) is 7.05. The number of hydrogen-bond acceptors (Lipinski definition) is 2. The lowest BCUT2D eigenvalue weighted by Gasteiger charge is -2.26. The van der Waals surface area contributed by atoms with E-state index in [1.165, 1.54) is 12.7 Å². The average molecular weight is 200 g/mol. The van der Waals surface area contributed by atoms with Gasteiger partial charge in [-0.3, -0.25) is 4.79 Å². The molecule has 1 aromatic heterocycles. The Hall–Kier alpha value is -0.960. The van der Waals surface area contributed by atoms with Crippen LogP contribution < -0.4 is 5.32 Å². The lowest BCUT2D eigenvalue weighted by molar-refractivity contribution is 0.0916. The summed E-state index contributed by atoms with van der Waals surface area (Å²) in [6, 6.07) is 1.91. The van der Waals surface area contributed by atoms with E-state index in [-0.39, 0.29) is 11.1 Å². The topological polar surface area (TPSA) is 42.2 Å². The van der Waals surface area contributed by atoms with Crippen LogP contribution in [0, 0.1) is 0 Å². The van der Waals surface area contributed by atoms with Gasteiger partial charge in [-0.15, -0.1) is 0 Å². The third-order valence-corrected chi connectivity index (χ3v) is 2.60. The van der Waals surface area contributed by atoms with Crippen LogP contribution in [-0.2, 0) is 0 Å². The van der Waals surface area contributed by atoms with E-state index in [1.54, 1.807) is 6.07 Å². The maximum Gasteiger partial charge on any atom is 0.256 e. The fourth-order valence-corrected chi connectivity index (χ4v) is 1.47. The zero-order chi connectivity index (χ0) is 9.26. The fraction of sp³-hybridized carbons (Fsp3) is 0.444. The van der Waals surface area contributed by atoms with Gasteiger partial charge in [-0.1, -0.05) is 0 Å². The smallest absolute Gasteiger partial charge is 0.256 e. The van der Waals surface area contributed by atoms with Gasteiger partial charge in [0.15, 0.2) is 0 Å². The molecule has 1 aromatic rings. The Morgan fingerprint density at radius 1 is 1.62 bits per heavy atom. The SMILES string of the molecule is O=C(NC1CCC1)c1ccoc1Cl. The Morgan fingerprint density at radius 2 is 2.38 bits per heavy atom. The minimum absolute atomic E-state index is 0.136. The number of hydrogen-bond donors (Lipinski definition) is 1. The van der Waals surface area contributed by atoms with Crippen molar-refractivity contribution < 1.29 is 9.21 Å². The summed E-state index contributed by atoms with van der Waals surface area (Å²) in [5.41, 5.74) is 0.425. The Balaban J connectivity index is 2.00. The molecule has 1 fully saturated rings. The molecular weight excluding hydrogens is 190 g/mol. The highest BCUT2D eigenvalue weighted by Gasteiger charge is 2.21. The van der Waals surface area contributed by atoms with Gasteiger partial charge in [0.2, 0.25) is 5.22 Å². The Labute approximate surface area is 81.1 Å². The molecule has 1 aliphatic carbocycles. The van der Waals surface area contributed by atoms with Gasteiger partial charge in [-0.05, 0) is 36.9 Å². The zero-order valence-corrected chi connectivity index (χ0v) is 7.80. The second-order valence-electron chi connectivity index (χ2n) is 3.21. The van der Waals surface area contributed by atoms with Crippen LogP contribution in [0.25, 0.3) is 0 Å². The van der Waals surface area contributed by atoms with Crippen molar-refractivity contribution in [1.82, 2.24) is 5.32 Å². The third kappa shape index (κ3) is 1.70. The summed E-state index contributed by atoms with van der Waals surface area (Å²) in [5.74, 6) is -0.136. The van der Waals surface area contributed by atoms with Crippen molar-refractivity contribution in [2.24, 2.45) is 0 Å². The Morgan fingerprint density at radius 3 is 2.85 bits per heavy atom. The van der Waals surface area contributed by atoms with E-state index >= 15 is 0 Å². The van der Waals surface area contributed by atoms with Crippen molar-refractivity contribution >= 4 is 17.5 Å². The number of amides is 1. The first kappa shape index (κ1) is 8.63. The van der Waals surface area contributed by atoms with Crippen LogP contribution in [-0.4, -0.2) is 11.9 Å². The van der Waals surface area contributed by atoms with Crippen molar-refractivity contribution in [1.29, 1.82) is 0 Å². The first-order chi connectivity index (χ1) is 6.27. The first-order valence-electron chi connectivity index (χ1n) is 4.31. The molecule has 1 amide bonds. The van der Waals surface area contributed by atoms with Crippen molar-refractivity contribution in [2.45, 2.75) is 25.3 Å². The van der Waals surface area contributed by atoms with Crippen molar-refractivity contribution in [3.63, 3.8) is 0 Å². The molecule has 0 aromatic carbocycles. The van der Waals surface area contributed by atoms with Gasteiger partial charge >= 0.3 is 0 Å². The lowest BCUT2D eigenvalue weighted by atomic mass is 9.93. The second kappa shape index (κ2) is 3.42. The molecule has 0 unspecified atom stereocenters.